The van der Waals surface area contributed by atoms with Crippen LogP contribution in [0.25, 0.3) is 10.1 Å². The van der Waals surface area contributed by atoms with E-state index in [2.05, 4.69) is 17.2 Å². The topological polar surface area (TPSA) is 125 Å². The van der Waals surface area contributed by atoms with Crippen LogP contribution in [0.5, 0.6) is 0 Å². The van der Waals surface area contributed by atoms with Crippen LogP contribution in [0.3, 0.4) is 0 Å². The minimum absolute atomic E-state index is 0.177. The highest BCUT2D eigenvalue weighted by atomic mass is 32.1. The molecule has 2 aromatic rings. The van der Waals surface area contributed by atoms with E-state index in [-0.39, 0.29) is 12.5 Å². The molecule has 1 aromatic carbocycles. The molecule has 0 bridgehead atoms. The second-order valence-electron chi connectivity index (χ2n) is 7.62. The summed E-state index contributed by atoms with van der Waals surface area (Å²) >= 11 is 1.29. The fourth-order valence-electron chi connectivity index (χ4n) is 2.88. The van der Waals surface area contributed by atoms with Crippen LogP contribution in [-0.2, 0) is 4.79 Å². The molecule has 2 amide bonds. The molecule has 148 valence electrons. The second kappa shape index (κ2) is 7.89. The number of amides is 2. The number of aliphatic hydroxyl groups is 1. The van der Waals surface area contributed by atoms with Crippen LogP contribution < -0.4 is 16.5 Å². The molecule has 0 saturated heterocycles. The molecule has 1 heterocycles. The number of thiophene rings is 1. The van der Waals surface area contributed by atoms with Gasteiger partial charge in [-0.2, -0.15) is 0 Å². The lowest BCUT2D eigenvalue weighted by molar-refractivity contribution is -0.132. The van der Waals surface area contributed by atoms with Gasteiger partial charge in [-0.05, 0) is 49.8 Å². The molecule has 6 N–H and O–H groups in total. The Morgan fingerprint density at radius 2 is 2.14 bits per heavy atom. The van der Waals surface area contributed by atoms with Crippen LogP contribution in [0.1, 0.15) is 35.5 Å². The average molecular weight is 401 g/mol. The molecular formula is C20H23N3O4S. The zero-order valence-corrected chi connectivity index (χ0v) is 16.5. The summed E-state index contributed by atoms with van der Waals surface area (Å²) in [4.78, 5) is 24.9. The molecule has 3 atom stereocenters. The van der Waals surface area contributed by atoms with Crippen LogP contribution in [0.15, 0.2) is 24.3 Å². The number of nitrogens with one attached hydrogen (secondary N) is 2. The van der Waals surface area contributed by atoms with Gasteiger partial charge in [-0.25, -0.2) is 5.48 Å². The van der Waals surface area contributed by atoms with E-state index in [0.29, 0.717) is 10.8 Å². The van der Waals surface area contributed by atoms with Crippen LogP contribution >= 0.6 is 11.3 Å². The molecule has 0 radical (unpaired) electrons. The third-order valence-electron chi connectivity index (χ3n) is 4.69. The maximum atomic E-state index is 12.6. The van der Waals surface area contributed by atoms with Gasteiger partial charge in [0.05, 0.1) is 4.88 Å². The van der Waals surface area contributed by atoms with Crippen molar-refractivity contribution in [3.05, 3.63) is 34.7 Å². The van der Waals surface area contributed by atoms with Gasteiger partial charge in [-0.3, -0.25) is 14.8 Å². The average Bonchev–Trinajstić information content (AvgIpc) is 3.29. The molecule has 1 aliphatic carbocycles. The summed E-state index contributed by atoms with van der Waals surface area (Å²) in [6.07, 6.45) is 0.940. The van der Waals surface area contributed by atoms with Gasteiger partial charge in [0.1, 0.15) is 6.04 Å². The van der Waals surface area contributed by atoms with Gasteiger partial charge in [-0.1, -0.05) is 17.9 Å². The predicted molar refractivity (Wildman–Crippen MR) is 107 cm³/mol. The maximum absolute atomic E-state index is 12.6. The number of nitrogens with two attached hydrogens (primary N) is 1. The van der Waals surface area contributed by atoms with Crippen LogP contribution in [0.4, 0.5) is 0 Å². The van der Waals surface area contributed by atoms with Crippen LogP contribution in [0.2, 0.25) is 0 Å². The Balaban J connectivity index is 1.78. The quantitative estimate of drug-likeness (QED) is 0.293. The lowest BCUT2D eigenvalue weighted by Gasteiger charge is -2.29. The number of carbonyl (C=O) groups excluding carboxylic acids is 2. The summed E-state index contributed by atoms with van der Waals surface area (Å²) in [5.41, 5.74) is 7.28. The van der Waals surface area contributed by atoms with Gasteiger partial charge in [0.25, 0.3) is 11.8 Å². The molecule has 28 heavy (non-hydrogen) atoms. The first-order valence-electron chi connectivity index (χ1n) is 8.92. The van der Waals surface area contributed by atoms with Crippen molar-refractivity contribution in [2.45, 2.75) is 31.8 Å². The Labute approximate surface area is 166 Å². The molecule has 8 heteroatoms. The number of aliphatic hydroxyl groups excluding tert-OH is 1. The van der Waals surface area contributed by atoms with Gasteiger partial charge in [0.15, 0.2) is 0 Å². The molecule has 1 saturated carbocycles. The summed E-state index contributed by atoms with van der Waals surface area (Å²) in [6.45, 7) is 3.35. The molecule has 1 aliphatic rings. The summed E-state index contributed by atoms with van der Waals surface area (Å²) in [6, 6.07) is 6.37. The summed E-state index contributed by atoms with van der Waals surface area (Å²) in [5.74, 6) is 5.63. The van der Waals surface area contributed by atoms with Crippen molar-refractivity contribution in [2.75, 3.05) is 6.61 Å². The van der Waals surface area contributed by atoms with Crippen molar-refractivity contribution in [3.8, 4) is 11.8 Å². The molecule has 0 aliphatic heterocycles. The van der Waals surface area contributed by atoms with E-state index >= 15 is 0 Å². The molecule has 0 unspecified atom stereocenters. The number of rotatable bonds is 5. The molecule has 3 rings (SSSR count). The standard InChI is InChI=1S/C20H23N3O4S/c1-20(2,21)17(19(26)23-27)22-18(25)16-9-13-6-4-11(7-15(13)28-16)3-5-12-8-14(12)10-24/h4,6-7,9,12,14,17,24,27H,8,10,21H2,1-2H3,(H,22,25)(H,23,26)/t12-,14+,17-/m1/s1. The SMILES string of the molecule is CC(C)(N)[C@H](NC(=O)c1cc2ccc(C#C[C@@H]3C[C@H]3CO)cc2s1)C(=O)NO. The van der Waals surface area contributed by atoms with Crippen molar-refractivity contribution in [3.63, 3.8) is 0 Å². The van der Waals surface area contributed by atoms with Crippen molar-refractivity contribution < 1.29 is 19.9 Å². The van der Waals surface area contributed by atoms with E-state index in [1.165, 1.54) is 16.8 Å². The van der Waals surface area contributed by atoms with E-state index in [1.54, 1.807) is 19.9 Å². The van der Waals surface area contributed by atoms with Gasteiger partial charge in [0.2, 0.25) is 0 Å². The Morgan fingerprint density at radius 3 is 2.75 bits per heavy atom. The van der Waals surface area contributed by atoms with Gasteiger partial charge >= 0.3 is 0 Å². The van der Waals surface area contributed by atoms with Crippen LogP contribution in [-0.4, -0.2) is 40.3 Å². The zero-order valence-electron chi connectivity index (χ0n) is 15.7. The third-order valence-corrected chi connectivity index (χ3v) is 5.79. The highest BCUT2D eigenvalue weighted by Gasteiger charge is 2.35. The van der Waals surface area contributed by atoms with Gasteiger partial charge in [-0.15, -0.1) is 11.3 Å². The minimum atomic E-state index is -1.09. The first-order valence-corrected chi connectivity index (χ1v) is 9.74. The van der Waals surface area contributed by atoms with E-state index < -0.39 is 23.4 Å². The lowest BCUT2D eigenvalue weighted by atomic mass is 9.95. The molecule has 0 spiro atoms. The van der Waals surface area contributed by atoms with Crippen molar-refractivity contribution in [2.24, 2.45) is 17.6 Å². The van der Waals surface area contributed by atoms with E-state index in [0.717, 1.165) is 22.1 Å². The monoisotopic (exact) mass is 401 g/mol. The van der Waals surface area contributed by atoms with E-state index in [4.69, 9.17) is 16.0 Å². The number of carbonyl (C=O) groups is 2. The fourth-order valence-corrected chi connectivity index (χ4v) is 3.88. The summed E-state index contributed by atoms with van der Waals surface area (Å²) in [5, 5.41) is 21.5. The van der Waals surface area contributed by atoms with E-state index in [1.807, 2.05) is 18.2 Å². The number of hydrogen-bond donors (Lipinski definition) is 5. The van der Waals surface area contributed by atoms with Crippen molar-refractivity contribution >= 4 is 33.2 Å². The summed E-state index contributed by atoms with van der Waals surface area (Å²) in [7, 11) is 0. The third kappa shape index (κ3) is 4.51. The predicted octanol–water partition coefficient (Wildman–Crippen LogP) is 1.22. The van der Waals surface area contributed by atoms with Gasteiger partial charge in [0, 0.05) is 28.3 Å². The Kier molecular flexibility index (Phi) is 5.72. The first-order chi connectivity index (χ1) is 13.2. The number of hydroxylamine groups is 1. The number of hydrogen-bond acceptors (Lipinski definition) is 6. The Hall–Kier alpha value is -2.44. The molecule has 7 nitrogen and oxygen atoms in total. The highest BCUT2D eigenvalue weighted by molar-refractivity contribution is 7.20. The van der Waals surface area contributed by atoms with Crippen molar-refractivity contribution in [1.29, 1.82) is 0 Å². The molecular weight excluding hydrogens is 378 g/mol. The van der Waals surface area contributed by atoms with Crippen LogP contribution in [0, 0.1) is 23.7 Å². The largest absolute Gasteiger partial charge is 0.396 e. The second-order valence-corrected chi connectivity index (χ2v) is 8.71. The Bertz CT molecular complexity index is 967. The smallest absolute Gasteiger partial charge is 0.267 e. The fraction of sp³-hybridized carbons (Fsp3) is 0.400. The maximum Gasteiger partial charge on any atom is 0.267 e. The lowest BCUT2D eigenvalue weighted by Crippen LogP contribution is -2.61. The van der Waals surface area contributed by atoms with E-state index in [9.17, 15) is 9.59 Å². The normalized spacial score (nSPS) is 19.5. The Morgan fingerprint density at radius 1 is 1.39 bits per heavy atom. The van der Waals surface area contributed by atoms with Gasteiger partial charge < -0.3 is 16.2 Å². The molecule has 1 aromatic heterocycles. The minimum Gasteiger partial charge on any atom is -0.396 e. The summed E-state index contributed by atoms with van der Waals surface area (Å²) < 4.78 is 0.904. The zero-order chi connectivity index (χ0) is 20.5. The molecule has 1 fully saturated rings. The number of fused-ring (bicyclic) bond motifs is 1. The number of benzene rings is 1. The highest BCUT2D eigenvalue weighted by Crippen LogP contribution is 2.37. The van der Waals surface area contributed by atoms with Crippen molar-refractivity contribution in [1.82, 2.24) is 10.8 Å². The first kappa shape index (κ1) is 20.3.